The van der Waals surface area contributed by atoms with Gasteiger partial charge in [-0.05, 0) is 24.3 Å². The van der Waals surface area contributed by atoms with Crippen molar-refractivity contribution in [1.29, 1.82) is 0 Å². The molecule has 0 aliphatic rings. The molecule has 0 spiro atoms. The third kappa shape index (κ3) is 3.91. The molecule has 0 aromatic heterocycles. The van der Waals surface area contributed by atoms with Crippen LogP contribution in [0.25, 0.3) is 0 Å². The second-order valence-electron chi connectivity index (χ2n) is 3.19. The molecule has 0 aliphatic heterocycles. The summed E-state index contributed by atoms with van der Waals surface area (Å²) in [7, 11) is 1.38. The Morgan fingerprint density at radius 1 is 1.47 bits per heavy atom. The third-order valence-electron chi connectivity index (χ3n) is 1.92. The van der Waals surface area contributed by atoms with E-state index in [1.807, 2.05) is 6.92 Å². The second-order valence-corrected chi connectivity index (χ2v) is 4.28. The maximum atomic E-state index is 12.6. The number of hydrogen-bond donors (Lipinski definition) is 0. The highest BCUT2D eigenvalue weighted by Crippen LogP contribution is 2.21. The molecule has 2 nitrogen and oxygen atoms in total. The predicted molar refractivity (Wildman–Crippen MR) is 58.3 cm³/mol. The van der Waals surface area contributed by atoms with Crippen LogP contribution < -0.4 is 0 Å². The first-order chi connectivity index (χ1) is 7.13. The van der Waals surface area contributed by atoms with E-state index in [0.717, 1.165) is 4.90 Å². The van der Waals surface area contributed by atoms with Crippen molar-refractivity contribution in [2.75, 3.05) is 12.9 Å². The number of methoxy groups -OCH3 is 1. The van der Waals surface area contributed by atoms with Crippen LogP contribution in [0.15, 0.2) is 29.2 Å². The first-order valence-electron chi connectivity index (χ1n) is 4.59. The number of carbonyl (C=O) groups is 1. The molecule has 0 aliphatic carbocycles. The van der Waals surface area contributed by atoms with Gasteiger partial charge in [0.05, 0.1) is 13.0 Å². The lowest BCUT2D eigenvalue weighted by atomic mass is 10.2. The van der Waals surface area contributed by atoms with Gasteiger partial charge in [-0.1, -0.05) is 6.92 Å². The summed E-state index contributed by atoms with van der Waals surface area (Å²) in [6, 6.07) is 6.21. The summed E-state index contributed by atoms with van der Waals surface area (Å²) in [6.07, 6.45) is 0. The average Bonchev–Trinajstić information content (AvgIpc) is 2.26. The van der Waals surface area contributed by atoms with Gasteiger partial charge in [-0.2, -0.15) is 0 Å². The summed E-state index contributed by atoms with van der Waals surface area (Å²) in [5.41, 5.74) is 0. The summed E-state index contributed by atoms with van der Waals surface area (Å²) in [4.78, 5) is 12.0. The van der Waals surface area contributed by atoms with Crippen LogP contribution in [0.5, 0.6) is 0 Å². The second kappa shape index (κ2) is 5.75. The van der Waals surface area contributed by atoms with E-state index in [9.17, 15) is 9.18 Å². The fourth-order valence-electron chi connectivity index (χ4n) is 1.02. The highest BCUT2D eigenvalue weighted by Gasteiger charge is 2.12. The number of hydrogen-bond acceptors (Lipinski definition) is 3. The molecule has 15 heavy (non-hydrogen) atoms. The Labute approximate surface area is 92.8 Å². The molecule has 1 aromatic carbocycles. The Morgan fingerprint density at radius 3 is 2.60 bits per heavy atom. The van der Waals surface area contributed by atoms with Gasteiger partial charge in [-0.15, -0.1) is 11.8 Å². The van der Waals surface area contributed by atoms with E-state index >= 15 is 0 Å². The van der Waals surface area contributed by atoms with Gasteiger partial charge in [0.15, 0.2) is 0 Å². The van der Waals surface area contributed by atoms with Crippen molar-refractivity contribution in [3.63, 3.8) is 0 Å². The number of benzene rings is 1. The van der Waals surface area contributed by atoms with E-state index in [1.54, 1.807) is 12.1 Å². The van der Waals surface area contributed by atoms with Gasteiger partial charge in [-0.3, -0.25) is 4.79 Å². The van der Waals surface area contributed by atoms with Gasteiger partial charge in [0.1, 0.15) is 5.82 Å². The molecule has 1 rings (SSSR count). The number of halogens is 1. The Morgan fingerprint density at radius 2 is 2.07 bits per heavy atom. The van der Waals surface area contributed by atoms with E-state index in [2.05, 4.69) is 4.74 Å². The number of carbonyl (C=O) groups excluding carboxylic acids is 1. The SMILES string of the molecule is COC(=O)C(C)CSc1ccc(F)cc1. The predicted octanol–water partition coefficient (Wildman–Crippen LogP) is 2.73. The van der Waals surface area contributed by atoms with Crippen LogP contribution in [0, 0.1) is 11.7 Å². The van der Waals surface area contributed by atoms with E-state index in [4.69, 9.17) is 0 Å². The van der Waals surface area contributed by atoms with Crippen LogP contribution in [0.2, 0.25) is 0 Å². The first kappa shape index (κ1) is 12.0. The average molecular weight is 228 g/mol. The number of esters is 1. The standard InChI is InChI=1S/C11H13FO2S/c1-8(11(13)14-2)7-15-10-5-3-9(12)4-6-10/h3-6,8H,7H2,1-2H3. The largest absolute Gasteiger partial charge is 0.469 e. The Kier molecular flexibility index (Phi) is 4.62. The van der Waals surface area contributed by atoms with Crippen LogP contribution in [-0.4, -0.2) is 18.8 Å². The Bertz CT molecular complexity index is 324. The lowest BCUT2D eigenvalue weighted by molar-refractivity contribution is -0.143. The van der Waals surface area contributed by atoms with Crippen molar-refractivity contribution in [3.05, 3.63) is 30.1 Å². The smallest absolute Gasteiger partial charge is 0.309 e. The van der Waals surface area contributed by atoms with Gasteiger partial charge in [0.25, 0.3) is 0 Å². The van der Waals surface area contributed by atoms with Crippen molar-refractivity contribution in [2.45, 2.75) is 11.8 Å². The Hall–Kier alpha value is -1.03. The maximum Gasteiger partial charge on any atom is 0.309 e. The van der Waals surface area contributed by atoms with Gasteiger partial charge in [0.2, 0.25) is 0 Å². The lowest BCUT2D eigenvalue weighted by Gasteiger charge is -2.08. The van der Waals surface area contributed by atoms with Crippen LogP contribution in [0.4, 0.5) is 4.39 Å². The highest BCUT2D eigenvalue weighted by molar-refractivity contribution is 7.99. The van der Waals surface area contributed by atoms with Crippen molar-refractivity contribution in [2.24, 2.45) is 5.92 Å². The van der Waals surface area contributed by atoms with E-state index in [-0.39, 0.29) is 17.7 Å². The van der Waals surface area contributed by atoms with Crippen LogP contribution in [0.1, 0.15) is 6.92 Å². The van der Waals surface area contributed by atoms with Crippen LogP contribution >= 0.6 is 11.8 Å². The maximum absolute atomic E-state index is 12.6. The number of ether oxygens (including phenoxy) is 1. The molecule has 82 valence electrons. The van der Waals surface area contributed by atoms with Crippen molar-refractivity contribution >= 4 is 17.7 Å². The molecule has 0 radical (unpaired) electrons. The summed E-state index contributed by atoms with van der Waals surface area (Å²) < 4.78 is 17.2. The molecule has 0 saturated carbocycles. The van der Waals surface area contributed by atoms with Gasteiger partial charge in [-0.25, -0.2) is 4.39 Å². The lowest BCUT2D eigenvalue weighted by Crippen LogP contribution is -2.14. The summed E-state index contributed by atoms with van der Waals surface area (Å²) >= 11 is 1.51. The molecule has 0 N–H and O–H groups in total. The van der Waals surface area contributed by atoms with E-state index in [1.165, 1.54) is 31.0 Å². The van der Waals surface area contributed by atoms with Crippen molar-refractivity contribution in [3.8, 4) is 0 Å². The molecule has 0 fully saturated rings. The monoisotopic (exact) mass is 228 g/mol. The molecular formula is C11H13FO2S. The molecule has 1 aromatic rings. The molecule has 1 atom stereocenters. The van der Waals surface area contributed by atoms with Gasteiger partial charge >= 0.3 is 5.97 Å². The molecule has 1 unspecified atom stereocenters. The fourth-order valence-corrected chi connectivity index (χ4v) is 1.93. The van der Waals surface area contributed by atoms with Gasteiger partial charge in [0, 0.05) is 10.6 Å². The Balaban J connectivity index is 2.43. The molecular weight excluding hydrogens is 215 g/mol. The minimum atomic E-state index is -0.250. The van der Waals surface area contributed by atoms with E-state index < -0.39 is 0 Å². The summed E-state index contributed by atoms with van der Waals surface area (Å²) in [5, 5.41) is 0. The first-order valence-corrected chi connectivity index (χ1v) is 5.58. The highest BCUT2D eigenvalue weighted by atomic mass is 32.2. The molecule has 0 saturated heterocycles. The zero-order valence-electron chi connectivity index (χ0n) is 8.70. The number of rotatable bonds is 4. The van der Waals surface area contributed by atoms with Gasteiger partial charge < -0.3 is 4.74 Å². The summed E-state index contributed by atoms with van der Waals surface area (Å²) in [6.45, 7) is 1.81. The minimum Gasteiger partial charge on any atom is -0.469 e. The quantitative estimate of drug-likeness (QED) is 0.585. The van der Waals surface area contributed by atoms with Crippen molar-refractivity contribution < 1.29 is 13.9 Å². The normalized spacial score (nSPS) is 12.2. The molecule has 4 heteroatoms. The van der Waals surface area contributed by atoms with Crippen LogP contribution in [0.3, 0.4) is 0 Å². The number of thioether (sulfide) groups is 1. The van der Waals surface area contributed by atoms with Crippen molar-refractivity contribution in [1.82, 2.24) is 0 Å². The molecule has 0 bridgehead atoms. The van der Waals surface area contributed by atoms with Crippen LogP contribution in [-0.2, 0) is 9.53 Å². The zero-order valence-corrected chi connectivity index (χ0v) is 9.51. The van der Waals surface area contributed by atoms with E-state index in [0.29, 0.717) is 5.75 Å². The third-order valence-corrected chi connectivity index (χ3v) is 3.19. The topological polar surface area (TPSA) is 26.3 Å². The fraction of sp³-hybridized carbons (Fsp3) is 0.364. The minimum absolute atomic E-state index is 0.148. The zero-order chi connectivity index (χ0) is 11.3. The summed E-state index contributed by atoms with van der Waals surface area (Å²) in [5.74, 6) is 0.0215. The molecule has 0 amide bonds. The molecule has 0 heterocycles.